The fourth-order valence-electron chi connectivity index (χ4n) is 4.27. The van der Waals surface area contributed by atoms with E-state index in [0.29, 0.717) is 13.1 Å². The molecule has 2 aromatic rings. The van der Waals surface area contributed by atoms with Gasteiger partial charge in [-0.15, -0.1) is 0 Å². The van der Waals surface area contributed by atoms with Crippen LogP contribution in [0.15, 0.2) is 27.8 Å². The molecule has 0 unspecified atom stereocenters. The van der Waals surface area contributed by atoms with Gasteiger partial charge in [0.25, 0.3) is 11.1 Å². The van der Waals surface area contributed by atoms with Crippen LogP contribution in [0.4, 0.5) is 4.79 Å². The van der Waals surface area contributed by atoms with Crippen LogP contribution >= 0.6 is 0 Å². The van der Waals surface area contributed by atoms with Gasteiger partial charge >= 0.3 is 6.09 Å². The molecule has 2 N–H and O–H groups in total. The van der Waals surface area contributed by atoms with Crippen molar-refractivity contribution < 1.29 is 9.90 Å². The molecule has 138 valence electrons. The zero-order chi connectivity index (χ0) is 18.4. The molecule has 1 saturated heterocycles. The molecule has 4 rings (SSSR count). The van der Waals surface area contributed by atoms with Crippen LogP contribution in [0, 0.1) is 6.92 Å². The summed E-state index contributed by atoms with van der Waals surface area (Å²) in [6, 6.07) is 4.91. The predicted octanol–water partition coefficient (Wildman–Crippen LogP) is 0.758. The van der Waals surface area contributed by atoms with Gasteiger partial charge in [0.1, 0.15) is 5.65 Å². The lowest BCUT2D eigenvalue weighted by molar-refractivity contribution is 0.157. The minimum absolute atomic E-state index is 0.0130. The summed E-state index contributed by atoms with van der Waals surface area (Å²) in [5, 5.41) is 12.3. The Kier molecular flexibility index (Phi) is 4.07. The summed E-state index contributed by atoms with van der Waals surface area (Å²) >= 11 is 0. The fourth-order valence-corrected chi connectivity index (χ4v) is 4.27. The van der Waals surface area contributed by atoms with E-state index < -0.39 is 6.09 Å². The zero-order valence-corrected chi connectivity index (χ0v) is 14.6. The van der Waals surface area contributed by atoms with Gasteiger partial charge in [-0.2, -0.15) is 0 Å². The Morgan fingerprint density at radius 3 is 2.65 bits per heavy atom. The van der Waals surface area contributed by atoms with Crippen LogP contribution in [0.1, 0.15) is 24.4 Å². The summed E-state index contributed by atoms with van der Waals surface area (Å²) in [6.45, 7) is 4.62. The number of carbonyl (C=O) groups is 1. The van der Waals surface area contributed by atoms with E-state index in [-0.39, 0.29) is 23.2 Å². The Bertz CT molecular complexity index is 985. The Balaban J connectivity index is 1.58. The zero-order valence-electron chi connectivity index (χ0n) is 14.6. The highest BCUT2D eigenvalue weighted by Gasteiger charge is 2.29. The third kappa shape index (κ3) is 2.80. The fraction of sp³-hybridized carbons (Fsp3) is 0.500. The van der Waals surface area contributed by atoms with E-state index in [1.54, 1.807) is 27.3 Å². The first-order valence-electron chi connectivity index (χ1n) is 8.91. The molecular formula is C18H22N4O4. The quantitative estimate of drug-likeness (QED) is 0.844. The van der Waals surface area contributed by atoms with Crippen molar-refractivity contribution in [2.24, 2.45) is 0 Å². The third-order valence-electron chi connectivity index (χ3n) is 5.53. The van der Waals surface area contributed by atoms with Gasteiger partial charge in [0.15, 0.2) is 0 Å². The molecule has 8 heteroatoms. The van der Waals surface area contributed by atoms with Crippen molar-refractivity contribution in [3.8, 4) is 0 Å². The number of amides is 1. The standard InChI is InChI=1S/C18H22N4O4/c1-11-8-16(24)21-10-13(22-15(23)3-2-14(11)17(21)22)9-20-6-4-12(5-7-20)19-18(25)26/h2-3,8,12-13,19H,4-7,9-10H2,1H3,(H,25,26)/t13-/m1/s1. The number of pyridine rings is 2. The van der Waals surface area contributed by atoms with E-state index in [1.807, 2.05) is 6.92 Å². The van der Waals surface area contributed by atoms with E-state index in [2.05, 4.69) is 10.2 Å². The molecule has 2 aromatic heterocycles. The van der Waals surface area contributed by atoms with E-state index in [9.17, 15) is 14.4 Å². The molecule has 4 heterocycles. The maximum absolute atomic E-state index is 12.5. The number of rotatable bonds is 3. The number of hydrogen-bond acceptors (Lipinski definition) is 4. The van der Waals surface area contributed by atoms with Gasteiger partial charge in [0, 0.05) is 49.7 Å². The number of nitrogens with zero attached hydrogens (tertiary/aromatic N) is 3. The topological polar surface area (TPSA) is 96.6 Å². The summed E-state index contributed by atoms with van der Waals surface area (Å²) < 4.78 is 3.46. The van der Waals surface area contributed by atoms with E-state index in [0.717, 1.165) is 42.5 Å². The molecule has 0 saturated carbocycles. The van der Waals surface area contributed by atoms with Crippen molar-refractivity contribution in [3.63, 3.8) is 0 Å². The van der Waals surface area contributed by atoms with Gasteiger partial charge in [-0.25, -0.2) is 4.79 Å². The van der Waals surface area contributed by atoms with Crippen LogP contribution in [-0.2, 0) is 6.54 Å². The van der Waals surface area contributed by atoms with Crippen LogP contribution < -0.4 is 16.4 Å². The van der Waals surface area contributed by atoms with Gasteiger partial charge in [-0.05, 0) is 31.4 Å². The normalized spacial score (nSPS) is 20.6. The first-order chi connectivity index (χ1) is 12.4. The molecule has 0 radical (unpaired) electrons. The first kappa shape index (κ1) is 16.8. The lowest BCUT2D eigenvalue weighted by Gasteiger charge is -2.33. The molecule has 0 spiro atoms. The van der Waals surface area contributed by atoms with Crippen LogP contribution in [0.25, 0.3) is 11.0 Å². The number of aryl methyl sites for hydroxylation is 1. The summed E-state index contributed by atoms with van der Waals surface area (Å²) in [5.41, 5.74) is 1.45. The van der Waals surface area contributed by atoms with Gasteiger partial charge < -0.3 is 15.3 Å². The maximum atomic E-state index is 12.5. The highest BCUT2D eigenvalue weighted by molar-refractivity contribution is 5.80. The molecule has 1 atom stereocenters. The Morgan fingerprint density at radius 1 is 1.23 bits per heavy atom. The molecule has 1 amide bonds. The molecule has 0 aromatic carbocycles. The van der Waals surface area contributed by atoms with Gasteiger partial charge in [0.05, 0.1) is 6.04 Å². The van der Waals surface area contributed by atoms with E-state index >= 15 is 0 Å². The highest BCUT2D eigenvalue weighted by Crippen LogP contribution is 2.26. The van der Waals surface area contributed by atoms with Crippen molar-refractivity contribution >= 4 is 17.1 Å². The molecule has 2 aliphatic heterocycles. The number of aromatic nitrogens is 2. The van der Waals surface area contributed by atoms with Crippen molar-refractivity contribution in [3.05, 3.63) is 44.5 Å². The van der Waals surface area contributed by atoms with Gasteiger partial charge in [0.2, 0.25) is 0 Å². The molecule has 0 aliphatic carbocycles. The SMILES string of the molecule is Cc1cc(=O)n2c3c1ccc(=O)n3[C@H](CN1CCC(NC(=O)O)CC1)C2. The summed E-state index contributed by atoms with van der Waals surface area (Å²) in [6.07, 6.45) is 0.525. The Labute approximate surface area is 149 Å². The smallest absolute Gasteiger partial charge is 0.404 e. The van der Waals surface area contributed by atoms with Crippen molar-refractivity contribution in [2.75, 3.05) is 19.6 Å². The van der Waals surface area contributed by atoms with Gasteiger partial charge in [-0.1, -0.05) is 0 Å². The van der Waals surface area contributed by atoms with Crippen LogP contribution in [0.3, 0.4) is 0 Å². The molecule has 0 bridgehead atoms. The Hall–Kier alpha value is -2.61. The average molecular weight is 358 g/mol. The second-order valence-electron chi connectivity index (χ2n) is 7.23. The second-order valence-corrected chi connectivity index (χ2v) is 7.23. The number of likely N-dealkylation sites (tertiary alicyclic amines) is 1. The minimum Gasteiger partial charge on any atom is -0.465 e. The van der Waals surface area contributed by atoms with Crippen LogP contribution in [0.2, 0.25) is 0 Å². The number of piperidine rings is 1. The average Bonchev–Trinajstić information content (AvgIpc) is 2.96. The second kappa shape index (κ2) is 6.28. The van der Waals surface area contributed by atoms with Crippen LogP contribution in [0.5, 0.6) is 0 Å². The summed E-state index contributed by atoms with van der Waals surface area (Å²) in [5.74, 6) is 0. The minimum atomic E-state index is -0.984. The van der Waals surface area contributed by atoms with Crippen molar-refractivity contribution in [2.45, 2.75) is 38.4 Å². The lowest BCUT2D eigenvalue weighted by atomic mass is 10.0. The largest absolute Gasteiger partial charge is 0.465 e. The van der Waals surface area contributed by atoms with E-state index in [4.69, 9.17) is 5.11 Å². The highest BCUT2D eigenvalue weighted by atomic mass is 16.4. The molecule has 1 fully saturated rings. The van der Waals surface area contributed by atoms with Crippen LogP contribution in [-0.4, -0.2) is 50.9 Å². The van der Waals surface area contributed by atoms with Crippen molar-refractivity contribution in [1.29, 1.82) is 0 Å². The van der Waals surface area contributed by atoms with Gasteiger partial charge in [-0.3, -0.25) is 18.7 Å². The molecule has 26 heavy (non-hydrogen) atoms. The van der Waals surface area contributed by atoms with Crippen molar-refractivity contribution in [1.82, 2.24) is 19.4 Å². The third-order valence-corrected chi connectivity index (χ3v) is 5.53. The molecule has 8 nitrogen and oxygen atoms in total. The molecular weight excluding hydrogens is 336 g/mol. The first-order valence-corrected chi connectivity index (χ1v) is 8.91. The number of hydrogen-bond donors (Lipinski definition) is 2. The maximum Gasteiger partial charge on any atom is 0.404 e. The lowest BCUT2D eigenvalue weighted by Crippen LogP contribution is -2.46. The predicted molar refractivity (Wildman–Crippen MR) is 96.9 cm³/mol. The Morgan fingerprint density at radius 2 is 1.96 bits per heavy atom. The van der Waals surface area contributed by atoms with E-state index in [1.165, 1.54) is 0 Å². The summed E-state index contributed by atoms with van der Waals surface area (Å²) in [7, 11) is 0. The summed E-state index contributed by atoms with van der Waals surface area (Å²) in [4.78, 5) is 37.9. The number of nitrogens with one attached hydrogen (secondary N) is 1. The monoisotopic (exact) mass is 358 g/mol. The molecule has 2 aliphatic rings. The number of carboxylic acid groups (broad SMARTS) is 1.